The van der Waals surface area contributed by atoms with E-state index in [9.17, 15) is 4.79 Å². The predicted molar refractivity (Wildman–Crippen MR) is 93.3 cm³/mol. The van der Waals surface area contributed by atoms with Crippen molar-refractivity contribution in [2.75, 3.05) is 13.7 Å². The third-order valence-electron chi connectivity index (χ3n) is 5.28. The number of carbonyl (C=O) groups excluding carboxylic acids is 1. The number of cyclic esters (lactones) is 1. The van der Waals surface area contributed by atoms with Gasteiger partial charge in [0, 0.05) is 29.3 Å². The van der Waals surface area contributed by atoms with Crippen molar-refractivity contribution in [3.8, 4) is 0 Å². The molecule has 0 saturated carbocycles. The molecule has 0 bridgehead atoms. The van der Waals surface area contributed by atoms with Crippen molar-refractivity contribution in [2.45, 2.75) is 18.2 Å². The standard InChI is InChI=1S/C20H18N2O3/c1-24-19-15-11-25-20(23)22(15)18(12-7-3-2-4-8-12)17-16(19)13-9-5-6-10-14(13)21-17/h2-10,15,18-19,21H,11H2,1H3. The summed E-state index contributed by atoms with van der Waals surface area (Å²) >= 11 is 0. The van der Waals surface area contributed by atoms with Crippen molar-refractivity contribution in [2.24, 2.45) is 0 Å². The van der Waals surface area contributed by atoms with Gasteiger partial charge in [-0.15, -0.1) is 0 Å². The summed E-state index contributed by atoms with van der Waals surface area (Å²) < 4.78 is 11.2. The highest BCUT2D eigenvalue weighted by Gasteiger charge is 2.50. The van der Waals surface area contributed by atoms with Gasteiger partial charge in [-0.2, -0.15) is 0 Å². The number of benzene rings is 2. The van der Waals surface area contributed by atoms with Gasteiger partial charge in [0.25, 0.3) is 0 Å². The van der Waals surface area contributed by atoms with Gasteiger partial charge in [0.2, 0.25) is 0 Å². The Bertz CT molecular complexity index is 950. The van der Waals surface area contributed by atoms with Crippen LogP contribution in [0.3, 0.4) is 0 Å². The van der Waals surface area contributed by atoms with Crippen molar-refractivity contribution >= 4 is 17.0 Å². The minimum absolute atomic E-state index is 0.130. The minimum atomic E-state index is -0.287. The molecule has 3 aromatic rings. The Morgan fingerprint density at radius 2 is 1.88 bits per heavy atom. The molecule has 2 aliphatic heterocycles. The van der Waals surface area contributed by atoms with E-state index >= 15 is 0 Å². The summed E-state index contributed by atoms with van der Waals surface area (Å²) in [7, 11) is 1.69. The number of nitrogens with zero attached hydrogens (tertiary/aromatic N) is 1. The molecular weight excluding hydrogens is 316 g/mol. The van der Waals surface area contributed by atoms with E-state index in [1.165, 1.54) is 0 Å². The largest absolute Gasteiger partial charge is 0.447 e. The number of carbonyl (C=O) groups is 1. The molecule has 3 atom stereocenters. The number of aromatic amines is 1. The topological polar surface area (TPSA) is 54.6 Å². The van der Waals surface area contributed by atoms with E-state index in [0.29, 0.717) is 6.61 Å². The molecule has 0 radical (unpaired) electrons. The smallest absolute Gasteiger partial charge is 0.411 e. The Labute approximate surface area is 145 Å². The van der Waals surface area contributed by atoms with Gasteiger partial charge in [0.1, 0.15) is 24.8 Å². The van der Waals surface area contributed by atoms with Gasteiger partial charge in [-0.1, -0.05) is 48.5 Å². The molecule has 1 saturated heterocycles. The molecule has 1 N–H and O–H groups in total. The number of hydrogen-bond donors (Lipinski definition) is 1. The van der Waals surface area contributed by atoms with Crippen LogP contribution in [0.1, 0.15) is 29.0 Å². The molecule has 3 heterocycles. The van der Waals surface area contributed by atoms with Crippen LogP contribution in [0.5, 0.6) is 0 Å². The number of ether oxygens (including phenoxy) is 2. The summed E-state index contributed by atoms with van der Waals surface area (Å²) in [6, 6.07) is 18.0. The first-order chi connectivity index (χ1) is 12.3. The molecule has 1 fully saturated rings. The molecule has 2 aromatic carbocycles. The van der Waals surface area contributed by atoms with Crippen LogP contribution in [-0.4, -0.2) is 35.7 Å². The zero-order valence-corrected chi connectivity index (χ0v) is 13.8. The highest BCUT2D eigenvalue weighted by Crippen LogP contribution is 2.48. The molecule has 25 heavy (non-hydrogen) atoms. The minimum Gasteiger partial charge on any atom is -0.447 e. The summed E-state index contributed by atoms with van der Waals surface area (Å²) in [5.41, 5.74) is 4.26. The molecule has 0 spiro atoms. The number of nitrogens with one attached hydrogen (secondary N) is 1. The van der Waals surface area contributed by atoms with Crippen molar-refractivity contribution < 1.29 is 14.3 Å². The van der Waals surface area contributed by atoms with Crippen molar-refractivity contribution in [3.63, 3.8) is 0 Å². The van der Waals surface area contributed by atoms with Gasteiger partial charge in [-0.05, 0) is 11.6 Å². The van der Waals surface area contributed by atoms with E-state index < -0.39 is 0 Å². The Kier molecular flexibility index (Phi) is 3.12. The Balaban J connectivity index is 1.81. The first kappa shape index (κ1) is 14.5. The van der Waals surface area contributed by atoms with Gasteiger partial charge in [-0.3, -0.25) is 4.90 Å². The number of rotatable bonds is 2. The van der Waals surface area contributed by atoms with Crippen LogP contribution in [0.25, 0.3) is 10.9 Å². The molecule has 2 aliphatic rings. The summed E-state index contributed by atoms with van der Waals surface area (Å²) in [5, 5.41) is 1.14. The molecule has 5 nitrogen and oxygen atoms in total. The zero-order valence-electron chi connectivity index (χ0n) is 13.8. The quantitative estimate of drug-likeness (QED) is 0.776. The van der Waals surface area contributed by atoms with Crippen molar-refractivity contribution in [1.82, 2.24) is 9.88 Å². The van der Waals surface area contributed by atoms with Gasteiger partial charge in [-0.25, -0.2) is 4.79 Å². The monoisotopic (exact) mass is 334 g/mol. The highest BCUT2D eigenvalue weighted by atomic mass is 16.6. The Hall–Kier alpha value is -2.79. The SMILES string of the molecule is COC1c2c([nH]c3ccccc23)C(c2ccccc2)N2C(=O)OCC12. The lowest BCUT2D eigenvalue weighted by Crippen LogP contribution is -2.45. The normalized spacial score (nSPS) is 24.9. The maximum Gasteiger partial charge on any atom is 0.411 e. The van der Waals surface area contributed by atoms with Crippen molar-refractivity contribution in [1.29, 1.82) is 0 Å². The first-order valence-corrected chi connectivity index (χ1v) is 8.43. The molecule has 1 amide bonds. The predicted octanol–water partition coefficient (Wildman–Crippen LogP) is 3.78. The summed E-state index contributed by atoms with van der Waals surface area (Å²) in [4.78, 5) is 17.9. The zero-order chi connectivity index (χ0) is 17.0. The van der Waals surface area contributed by atoms with Crippen LogP contribution in [0.2, 0.25) is 0 Å². The maximum absolute atomic E-state index is 12.5. The lowest BCUT2D eigenvalue weighted by molar-refractivity contribution is 0.0203. The van der Waals surface area contributed by atoms with Gasteiger partial charge < -0.3 is 14.5 Å². The number of aromatic nitrogens is 1. The van der Waals surface area contributed by atoms with E-state index in [2.05, 4.69) is 29.2 Å². The summed E-state index contributed by atoms with van der Waals surface area (Å²) in [6.45, 7) is 0.347. The molecule has 1 aromatic heterocycles. The maximum atomic E-state index is 12.5. The first-order valence-electron chi connectivity index (χ1n) is 8.43. The third-order valence-corrected chi connectivity index (χ3v) is 5.28. The Morgan fingerprint density at radius 3 is 2.68 bits per heavy atom. The van der Waals surface area contributed by atoms with Gasteiger partial charge >= 0.3 is 6.09 Å². The summed E-state index contributed by atoms with van der Waals surface area (Å²) in [5.74, 6) is 0. The number of methoxy groups -OCH3 is 1. The molecule has 0 aliphatic carbocycles. The summed E-state index contributed by atoms with van der Waals surface area (Å²) in [6.07, 6.45) is -0.497. The average Bonchev–Trinajstić information content (AvgIpc) is 3.22. The van der Waals surface area contributed by atoms with Crippen LogP contribution in [0.4, 0.5) is 4.79 Å². The lowest BCUT2D eigenvalue weighted by atomic mass is 9.87. The van der Waals surface area contributed by atoms with E-state index in [1.54, 1.807) is 7.11 Å². The van der Waals surface area contributed by atoms with Crippen molar-refractivity contribution in [3.05, 3.63) is 71.4 Å². The second kappa shape index (κ2) is 5.36. The lowest BCUT2D eigenvalue weighted by Gasteiger charge is -2.39. The van der Waals surface area contributed by atoms with E-state index in [0.717, 1.165) is 27.7 Å². The number of H-pyrrole nitrogens is 1. The fourth-order valence-electron chi connectivity index (χ4n) is 4.25. The molecular formula is C20H18N2O3. The average molecular weight is 334 g/mol. The van der Waals surface area contributed by atoms with Gasteiger partial charge in [0.15, 0.2) is 0 Å². The number of amides is 1. The van der Waals surface area contributed by atoms with Crippen LogP contribution in [0.15, 0.2) is 54.6 Å². The van der Waals surface area contributed by atoms with E-state index in [-0.39, 0.29) is 24.3 Å². The third kappa shape index (κ3) is 1.96. The van der Waals surface area contributed by atoms with E-state index in [4.69, 9.17) is 9.47 Å². The number of fused-ring (bicyclic) bond motifs is 4. The second-order valence-corrected chi connectivity index (χ2v) is 6.52. The van der Waals surface area contributed by atoms with Gasteiger partial charge in [0.05, 0.1) is 0 Å². The molecule has 3 unspecified atom stereocenters. The molecule has 126 valence electrons. The number of para-hydroxylation sites is 1. The Morgan fingerprint density at radius 1 is 1.12 bits per heavy atom. The van der Waals surface area contributed by atoms with Crippen LogP contribution in [-0.2, 0) is 9.47 Å². The number of hydrogen-bond acceptors (Lipinski definition) is 3. The van der Waals surface area contributed by atoms with Crippen LogP contribution in [0, 0.1) is 0 Å². The fraction of sp³-hybridized carbons (Fsp3) is 0.250. The van der Waals surface area contributed by atoms with Crippen LogP contribution >= 0.6 is 0 Å². The van der Waals surface area contributed by atoms with Crippen LogP contribution < -0.4 is 0 Å². The second-order valence-electron chi connectivity index (χ2n) is 6.52. The van der Waals surface area contributed by atoms with E-state index in [1.807, 2.05) is 35.2 Å². The highest BCUT2D eigenvalue weighted by molar-refractivity contribution is 5.87. The molecule has 5 rings (SSSR count). The fourth-order valence-corrected chi connectivity index (χ4v) is 4.25. The molecule has 5 heteroatoms.